The van der Waals surface area contributed by atoms with E-state index in [2.05, 4.69) is 24.5 Å². The highest BCUT2D eigenvalue weighted by Crippen LogP contribution is 2.23. The summed E-state index contributed by atoms with van der Waals surface area (Å²) in [6.45, 7) is 9.77. The van der Waals surface area contributed by atoms with Crippen LogP contribution in [0.15, 0.2) is 18.2 Å². The van der Waals surface area contributed by atoms with Crippen LogP contribution < -0.4 is 10.6 Å². The Labute approximate surface area is 139 Å². The molecule has 1 rings (SSSR count). The fourth-order valence-electron chi connectivity index (χ4n) is 2.38. The number of hydrogen-bond donors (Lipinski definition) is 2. The number of anilines is 2. The van der Waals surface area contributed by atoms with Gasteiger partial charge in [0.15, 0.2) is 0 Å². The third-order valence-electron chi connectivity index (χ3n) is 3.70. The van der Waals surface area contributed by atoms with Gasteiger partial charge in [-0.25, -0.2) is 0 Å². The van der Waals surface area contributed by atoms with Crippen molar-refractivity contribution in [2.24, 2.45) is 0 Å². The summed E-state index contributed by atoms with van der Waals surface area (Å²) >= 11 is 0. The van der Waals surface area contributed by atoms with Crippen LogP contribution in [0.4, 0.5) is 11.4 Å². The lowest BCUT2D eigenvalue weighted by Crippen LogP contribution is -2.36. The zero-order chi connectivity index (χ0) is 17.2. The van der Waals surface area contributed by atoms with Crippen molar-refractivity contribution in [3.63, 3.8) is 0 Å². The molecule has 5 nitrogen and oxygen atoms in total. The standard InChI is InChI=1S/C18H29N3O2/c1-5-11-21(12-6-2)18(23)13-19-15-9-8-10-16(14(15)4)20-17(22)7-3/h8-10,19H,5-7,11-13H2,1-4H3,(H,20,22). The van der Waals surface area contributed by atoms with E-state index in [4.69, 9.17) is 0 Å². The smallest absolute Gasteiger partial charge is 0.241 e. The van der Waals surface area contributed by atoms with Crippen molar-refractivity contribution in [1.29, 1.82) is 0 Å². The second kappa shape index (κ2) is 9.87. The van der Waals surface area contributed by atoms with E-state index in [9.17, 15) is 9.59 Å². The van der Waals surface area contributed by atoms with Crippen molar-refractivity contribution in [2.45, 2.75) is 47.0 Å². The Kier molecular flexibility index (Phi) is 8.16. The highest BCUT2D eigenvalue weighted by molar-refractivity contribution is 5.92. The SMILES string of the molecule is CCCN(CCC)C(=O)CNc1cccc(NC(=O)CC)c1C. The Balaban J connectivity index is 2.71. The van der Waals surface area contributed by atoms with Gasteiger partial charge in [0, 0.05) is 30.9 Å². The van der Waals surface area contributed by atoms with Crippen LogP contribution in [-0.2, 0) is 9.59 Å². The summed E-state index contributed by atoms with van der Waals surface area (Å²) in [7, 11) is 0. The molecule has 0 aliphatic carbocycles. The minimum absolute atomic E-state index is 0.0154. The van der Waals surface area contributed by atoms with Crippen LogP contribution in [0.5, 0.6) is 0 Å². The van der Waals surface area contributed by atoms with E-state index < -0.39 is 0 Å². The van der Waals surface area contributed by atoms with Crippen LogP contribution in [0.2, 0.25) is 0 Å². The molecule has 0 aliphatic rings. The van der Waals surface area contributed by atoms with Gasteiger partial charge in [-0.1, -0.05) is 26.8 Å². The lowest BCUT2D eigenvalue weighted by Gasteiger charge is -2.22. The molecule has 2 N–H and O–H groups in total. The molecule has 1 aromatic rings. The molecule has 0 atom stereocenters. The lowest BCUT2D eigenvalue weighted by atomic mass is 10.1. The van der Waals surface area contributed by atoms with E-state index >= 15 is 0 Å². The Morgan fingerprint density at radius 1 is 1.04 bits per heavy atom. The maximum absolute atomic E-state index is 12.3. The first kappa shape index (κ1) is 19.0. The first-order chi connectivity index (χ1) is 11.0. The van der Waals surface area contributed by atoms with E-state index in [1.807, 2.05) is 36.9 Å². The Hall–Kier alpha value is -2.04. The van der Waals surface area contributed by atoms with Crippen molar-refractivity contribution in [3.05, 3.63) is 23.8 Å². The van der Waals surface area contributed by atoms with Gasteiger partial charge in [0.25, 0.3) is 0 Å². The number of amides is 2. The third-order valence-corrected chi connectivity index (χ3v) is 3.70. The summed E-state index contributed by atoms with van der Waals surface area (Å²) < 4.78 is 0. The van der Waals surface area contributed by atoms with Crippen LogP contribution in [-0.4, -0.2) is 36.3 Å². The average molecular weight is 319 g/mol. The van der Waals surface area contributed by atoms with E-state index in [1.54, 1.807) is 0 Å². The first-order valence-corrected chi connectivity index (χ1v) is 8.44. The Bertz CT molecular complexity index is 523. The summed E-state index contributed by atoms with van der Waals surface area (Å²) in [4.78, 5) is 25.8. The quantitative estimate of drug-likeness (QED) is 0.733. The number of benzene rings is 1. The summed E-state index contributed by atoms with van der Waals surface area (Å²) in [6, 6.07) is 5.67. The van der Waals surface area contributed by atoms with Crippen LogP contribution in [0.3, 0.4) is 0 Å². The number of rotatable bonds is 9. The van der Waals surface area contributed by atoms with E-state index in [0.29, 0.717) is 6.42 Å². The number of carbonyl (C=O) groups excluding carboxylic acids is 2. The Morgan fingerprint density at radius 3 is 2.22 bits per heavy atom. The Morgan fingerprint density at radius 2 is 1.65 bits per heavy atom. The van der Waals surface area contributed by atoms with Gasteiger partial charge in [-0.2, -0.15) is 0 Å². The largest absolute Gasteiger partial charge is 0.376 e. The second-order valence-corrected chi connectivity index (χ2v) is 5.61. The molecule has 0 aromatic heterocycles. The molecule has 0 unspecified atom stereocenters. The molecule has 0 heterocycles. The summed E-state index contributed by atoms with van der Waals surface area (Å²) in [5.74, 6) is 0.0921. The summed E-state index contributed by atoms with van der Waals surface area (Å²) in [6.07, 6.45) is 2.37. The zero-order valence-electron chi connectivity index (χ0n) is 14.7. The van der Waals surface area contributed by atoms with Crippen LogP contribution >= 0.6 is 0 Å². The van der Waals surface area contributed by atoms with Gasteiger partial charge in [0.1, 0.15) is 0 Å². The molecule has 1 aromatic carbocycles. The van der Waals surface area contributed by atoms with Crippen molar-refractivity contribution < 1.29 is 9.59 Å². The van der Waals surface area contributed by atoms with Crippen molar-refractivity contribution in [2.75, 3.05) is 30.3 Å². The van der Waals surface area contributed by atoms with Gasteiger partial charge >= 0.3 is 0 Å². The monoisotopic (exact) mass is 319 g/mol. The van der Waals surface area contributed by atoms with Crippen LogP contribution in [0, 0.1) is 6.92 Å². The number of carbonyl (C=O) groups is 2. The van der Waals surface area contributed by atoms with E-state index in [1.165, 1.54) is 0 Å². The highest BCUT2D eigenvalue weighted by Gasteiger charge is 2.12. The maximum Gasteiger partial charge on any atom is 0.241 e. The molecule has 0 aliphatic heterocycles. The first-order valence-electron chi connectivity index (χ1n) is 8.44. The van der Waals surface area contributed by atoms with Crippen molar-refractivity contribution in [1.82, 2.24) is 4.90 Å². The highest BCUT2D eigenvalue weighted by atomic mass is 16.2. The fraction of sp³-hybridized carbons (Fsp3) is 0.556. The second-order valence-electron chi connectivity index (χ2n) is 5.61. The predicted octanol–water partition coefficient (Wildman–Crippen LogP) is 3.40. The average Bonchev–Trinajstić information content (AvgIpc) is 2.55. The number of nitrogens with zero attached hydrogens (tertiary/aromatic N) is 1. The molecule has 0 fully saturated rings. The molecule has 0 spiro atoms. The molecule has 0 saturated carbocycles. The number of hydrogen-bond acceptors (Lipinski definition) is 3. The molecular weight excluding hydrogens is 290 g/mol. The van der Waals surface area contributed by atoms with Gasteiger partial charge in [0.05, 0.1) is 6.54 Å². The minimum Gasteiger partial charge on any atom is -0.376 e. The fourth-order valence-corrected chi connectivity index (χ4v) is 2.38. The van der Waals surface area contributed by atoms with Gasteiger partial charge < -0.3 is 15.5 Å². The lowest BCUT2D eigenvalue weighted by molar-refractivity contribution is -0.129. The molecule has 0 saturated heterocycles. The van der Waals surface area contributed by atoms with Gasteiger partial charge in [-0.3, -0.25) is 9.59 Å². The van der Waals surface area contributed by atoms with Crippen molar-refractivity contribution in [3.8, 4) is 0 Å². The summed E-state index contributed by atoms with van der Waals surface area (Å²) in [5.41, 5.74) is 2.60. The molecular formula is C18H29N3O2. The molecule has 23 heavy (non-hydrogen) atoms. The summed E-state index contributed by atoms with van der Waals surface area (Å²) in [5, 5.41) is 6.08. The third kappa shape index (κ3) is 5.93. The molecule has 2 amide bonds. The normalized spacial score (nSPS) is 10.3. The topological polar surface area (TPSA) is 61.4 Å². The van der Waals surface area contributed by atoms with Crippen LogP contribution in [0.1, 0.15) is 45.6 Å². The van der Waals surface area contributed by atoms with Gasteiger partial charge in [-0.15, -0.1) is 0 Å². The van der Waals surface area contributed by atoms with E-state index in [0.717, 1.165) is 42.9 Å². The zero-order valence-corrected chi connectivity index (χ0v) is 14.7. The molecule has 128 valence electrons. The molecule has 0 bridgehead atoms. The molecule has 5 heteroatoms. The predicted molar refractivity (Wildman–Crippen MR) is 95.8 cm³/mol. The van der Waals surface area contributed by atoms with Gasteiger partial charge in [0.2, 0.25) is 11.8 Å². The van der Waals surface area contributed by atoms with Gasteiger partial charge in [-0.05, 0) is 37.5 Å². The van der Waals surface area contributed by atoms with E-state index in [-0.39, 0.29) is 18.4 Å². The van der Waals surface area contributed by atoms with Crippen molar-refractivity contribution >= 4 is 23.2 Å². The number of nitrogens with one attached hydrogen (secondary N) is 2. The molecule has 0 radical (unpaired) electrons. The minimum atomic E-state index is -0.0154. The maximum atomic E-state index is 12.3. The van der Waals surface area contributed by atoms with Crippen LogP contribution in [0.25, 0.3) is 0 Å².